The summed E-state index contributed by atoms with van der Waals surface area (Å²) >= 11 is 0. The van der Waals surface area contributed by atoms with Crippen molar-refractivity contribution in [1.82, 2.24) is 0 Å². The predicted octanol–water partition coefficient (Wildman–Crippen LogP) is 3.22. The van der Waals surface area contributed by atoms with E-state index < -0.39 is 0 Å². The van der Waals surface area contributed by atoms with Crippen LogP contribution < -0.4 is 10.1 Å². The molecule has 2 nitrogen and oxygen atoms in total. The van der Waals surface area contributed by atoms with E-state index >= 15 is 0 Å². The summed E-state index contributed by atoms with van der Waals surface area (Å²) in [6, 6.07) is 8.57. The molecule has 0 aliphatic heterocycles. The van der Waals surface area contributed by atoms with Crippen molar-refractivity contribution in [3.63, 3.8) is 0 Å². The van der Waals surface area contributed by atoms with Crippen molar-refractivity contribution in [2.75, 3.05) is 12.4 Å². The first-order valence-corrected chi connectivity index (χ1v) is 5.46. The van der Waals surface area contributed by atoms with Crippen molar-refractivity contribution in [2.45, 2.75) is 25.3 Å². The molecule has 0 amide bonds. The monoisotopic (exact) mass is 203 g/mol. The lowest BCUT2D eigenvalue weighted by Gasteiger charge is -2.19. The van der Waals surface area contributed by atoms with E-state index in [4.69, 9.17) is 4.74 Å². The third kappa shape index (κ3) is 2.75. The molecule has 0 fully saturated rings. The van der Waals surface area contributed by atoms with Gasteiger partial charge in [0.15, 0.2) is 0 Å². The van der Waals surface area contributed by atoms with Gasteiger partial charge < -0.3 is 10.1 Å². The van der Waals surface area contributed by atoms with E-state index in [1.165, 1.54) is 19.3 Å². The first-order valence-electron chi connectivity index (χ1n) is 5.46. The molecule has 0 radical (unpaired) electrons. The van der Waals surface area contributed by atoms with Crippen LogP contribution in [0.15, 0.2) is 36.4 Å². The Morgan fingerprint density at radius 1 is 1.27 bits per heavy atom. The predicted molar refractivity (Wildman–Crippen MR) is 63.4 cm³/mol. The van der Waals surface area contributed by atoms with Crippen LogP contribution in [0.3, 0.4) is 0 Å². The molecule has 0 heterocycles. The van der Waals surface area contributed by atoms with Crippen LogP contribution in [0.4, 0.5) is 5.69 Å². The molecule has 1 N–H and O–H groups in total. The Balaban J connectivity index is 1.97. The second-order valence-electron chi connectivity index (χ2n) is 3.84. The maximum Gasteiger partial charge on any atom is 0.119 e. The van der Waals surface area contributed by atoms with E-state index in [1.54, 1.807) is 7.11 Å². The molecule has 2 rings (SSSR count). The molecule has 1 aromatic carbocycles. The van der Waals surface area contributed by atoms with Gasteiger partial charge in [-0.2, -0.15) is 0 Å². The van der Waals surface area contributed by atoms with Gasteiger partial charge in [0, 0.05) is 11.7 Å². The normalized spacial score (nSPS) is 19.9. The Hall–Kier alpha value is -1.44. The Morgan fingerprint density at radius 2 is 2.07 bits per heavy atom. The van der Waals surface area contributed by atoms with Gasteiger partial charge in [-0.3, -0.25) is 0 Å². The number of methoxy groups -OCH3 is 1. The Morgan fingerprint density at radius 3 is 2.67 bits per heavy atom. The average Bonchev–Trinajstić information content (AvgIpc) is 2.31. The SMILES string of the molecule is COc1ccc(N[C@H]2C=CCCC2)cc1. The molecular formula is C13H17NO. The van der Waals surface area contributed by atoms with E-state index in [2.05, 4.69) is 29.6 Å². The fourth-order valence-corrected chi connectivity index (χ4v) is 1.83. The Kier molecular flexibility index (Phi) is 3.28. The molecule has 15 heavy (non-hydrogen) atoms. The van der Waals surface area contributed by atoms with E-state index in [9.17, 15) is 0 Å². The van der Waals surface area contributed by atoms with Gasteiger partial charge in [-0.1, -0.05) is 12.2 Å². The van der Waals surface area contributed by atoms with Gasteiger partial charge in [0.05, 0.1) is 7.11 Å². The van der Waals surface area contributed by atoms with Gasteiger partial charge in [0.1, 0.15) is 5.75 Å². The first-order chi connectivity index (χ1) is 7.38. The number of benzene rings is 1. The van der Waals surface area contributed by atoms with Crippen LogP contribution in [-0.2, 0) is 0 Å². The molecule has 1 aromatic rings. The minimum atomic E-state index is 0.493. The zero-order valence-electron chi connectivity index (χ0n) is 9.07. The van der Waals surface area contributed by atoms with Crippen molar-refractivity contribution in [2.24, 2.45) is 0 Å². The van der Waals surface area contributed by atoms with Gasteiger partial charge in [-0.15, -0.1) is 0 Å². The van der Waals surface area contributed by atoms with Crippen LogP contribution in [0.1, 0.15) is 19.3 Å². The van der Waals surface area contributed by atoms with Crippen LogP contribution in [-0.4, -0.2) is 13.2 Å². The van der Waals surface area contributed by atoms with Crippen molar-refractivity contribution < 1.29 is 4.74 Å². The number of anilines is 1. The highest BCUT2D eigenvalue weighted by Gasteiger charge is 2.07. The molecule has 0 aromatic heterocycles. The quantitative estimate of drug-likeness (QED) is 0.762. The molecule has 0 spiro atoms. The molecule has 0 unspecified atom stereocenters. The maximum absolute atomic E-state index is 5.12. The van der Waals surface area contributed by atoms with Gasteiger partial charge in [0.25, 0.3) is 0 Å². The lowest BCUT2D eigenvalue weighted by molar-refractivity contribution is 0.415. The largest absolute Gasteiger partial charge is 0.497 e. The summed E-state index contributed by atoms with van der Waals surface area (Å²) in [5.41, 5.74) is 1.16. The van der Waals surface area contributed by atoms with Crippen LogP contribution in [0.2, 0.25) is 0 Å². The summed E-state index contributed by atoms with van der Waals surface area (Å²) < 4.78 is 5.12. The van der Waals surface area contributed by atoms with E-state index in [0.717, 1.165) is 11.4 Å². The third-order valence-corrected chi connectivity index (χ3v) is 2.70. The summed E-state index contributed by atoms with van der Waals surface area (Å²) in [4.78, 5) is 0. The molecule has 0 saturated heterocycles. The second kappa shape index (κ2) is 4.87. The average molecular weight is 203 g/mol. The highest BCUT2D eigenvalue weighted by atomic mass is 16.5. The second-order valence-corrected chi connectivity index (χ2v) is 3.84. The number of rotatable bonds is 3. The maximum atomic E-state index is 5.12. The van der Waals surface area contributed by atoms with Crippen LogP contribution >= 0.6 is 0 Å². The van der Waals surface area contributed by atoms with Crippen molar-refractivity contribution in [3.8, 4) is 5.75 Å². The zero-order valence-corrected chi connectivity index (χ0v) is 9.07. The minimum Gasteiger partial charge on any atom is -0.497 e. The van der Waals surface area contributed by atoms with Crippen molar-refractivity contribution in [1.29, 1.82) is 0 Å². The fraction of sp³-hybridized carbons (Fsp3) is 0.385. The summed E-state index contributed by atoms with van der Waals surface area (Å²) in [5.74, 6) is 0.903. The standard InChI is InChI=1S/C13H17NO/c1-15-13-9-7-12(8-10-13)14-11-5-3-2-4-6-11/h3,5,7-11,14H,2,4,6H2,1H3/t11-/m0/s1. The van der Waals surface area contributed by atoms with Crippen LogP contribution in [0.5, 0.6) is 5.75 Å². The summed E-state index contributed by atoms with van der Waals surface area (Å²) in [6.45, 7) is 0. The number of hydrogen-bond donors (Lipinski definition) is 1. The molecule has 1 aliphatic carbocycles. The Bertz CT molecular complexity index is 329. The van der Waals surface area contributed by atoms with E-state index in [1.807, 2.05) is 12.1 Å². The summed E-state index contributed by atoms with van der Waals surface area (Å²) in [5, 5.41) is 3.49. The number of ether oxygens (including phenoxy) is 1. The fourth-order valence-electron chi connectivity index (χ4n) is 1.83. The van der Waals surface area contributed by atoms with Gasteiger partial charge in [0.2, 0.25) is 0 Å². The van der Waals surface area contributed by atoms with E-state index in [-0.39, 0.29) is 0 Å². The van der Waals surface area contributed by atoms with Gasteiger partial charge >= 0.3 is 0 Å². The minimum absolute atomic E-state index is 0.493. The highest BCUT2D eigenvalue weighted by molar-refractivity contribution is 5.47. The lowest BCUT2D eigenvalue weighted by atomic mass is 10.0. The van der Waals surface area contributed by atoms with Crippen LogP contribution in [0.25, 0.3) is 0 Å². The van der Waals surface area contributed by atoms with Gasteiger partial charge in [-0.05, 0) is 43.5 Å². The highest BCUT2D eigenvalue weighted by Crippen LogP contribution is 2.19. The number of allylic oxidation sites excluding steroid dienone is 1. The van der Waals surface area contributed by atoms with Gasteiger partial charge in [-0.25, -0.2) is 0 Å². The van der Waals surface area contributed by atoms with Crippen molar-refractivity contribution >= 4 is 5.69 Å². The summed E-state index contributed by atoms with van der Waals surface area (Å²) in [6.07, 6.45) is 8.24. The molecular weight excluding hydrogens is 186 g/mol. The molecule has 0 bridgehead atoms. The third-order valence-electron chi connectivity index (χ3n) is 2.70. The first kappa shape index (κ1) is 10.1. The lowest BCUT2D eigenvalue weighted by Crippen LogP contribution is -2.18. The molecule has 80 valence electrons. The summed E-state index contributed by atoms with van der Waals surface area (Å²) in [7, 11) is 1.69. The van der Waals surface area contributed by atoms with Crippen LogP contribution in [0, 0.1) is 0 Å². The zero-order chi connectivity index (χ0) is 10.5. The molecule has 1 aliphatic rings. The van der Waals surface area contributed by atoms with Crippen molar-refractivity contribution in [3.05, 3.63) is 36.4 Å². The topological polar surface area (TPSA) is 21.3 Å². The molecule has 1 atom stereocenters. The molecule has 2 heteroatoms. The number of hydrogen-bond acceptors (Lipinski definition) is 2. The Labute approximate surface area is 91.0 Å². The van der Waals surface area contributed by atoms with E-state index in [0.29, 0.717) is 6.04 Å². The smallest absolute Gasteiger partial charge is 0.119 e. The number of nitrogens with one attached hydrogen (secondary N) is 1. The molecule has 0 saturated carbocycles.